The van der Waals surface area contributed by atoms with E-state index in [1.807, 2.05) is 18.2 Å². The van der Waals surface area contributed by atoms with Crippen LogP contribution in [0.5, 0.6) is 11.5 Å². The van der Waals surface area contributed by atoms with Gasteiger partial charge in [0.05, 0.1) is 13.7 Å². The highest BCUT2D eigenvalue weighted by atomic mass is 35.5. The number of fused-ring (bicyclic) bond motifs is 2. The van der Waals surface area contributed by atoms with Crippen LogP contribution in [0.15, 0.2) is 30.3 Å². The Kier molecular flexibility index (Phi) is 3.64. The first-order chi connectivity index (χ1) is 8.31. The van der Waals surface area contributed by atoms with Gasteiger partial charge >= 0.3 is 0 Å². The molecule has 0 saturated carbocycles. The molecular weight excluding hydrogens is 250 g/mol. The van der Waals surface area contributed by atoms with Crippen LogP contribution < -0.4 is 15.2 Å². The molecule has 1 aliphatic rings. The van der Waals surface area contributed by atoms with E-state index in [1.54, 1.807) is 7.11 Å². The molecule has 0 aromatic heterocycles. The summed E-state index contributed by atoms with van der Waals surface area (Å²) >= 11 is 0. The maximum Gasteiger partial charge on any atom is 0.168 e. The minimum absolute atomic E-state index is 0. The third-order valence-corrected chi connectivity index (χ3v) is 3.26. The van der Waals surface area contributed by atoms with Crippen LogP contribution in [-0.4, -0.2) is 13.7 Å². The van der Waals surface area contributed by atoms with E-state index >= 15 is 0 Å². The maximum atomic E-state index is 6.13. The van der Waals surface area contributed by atoms with E-state index < -0.39 is 0 Å². The molecule has 1 atom stereocenters. The van der Waals surface area contributed by atoms with E-state index in [-0.39, 0.29) is 18.4 Å². The van der Waals surface area contributed by atoms with Crippen molar-refractivity contribution in [1.82, 2.24) is 0 Å². The zero-order valence-corrected chi connectivity index (χ0v) is 11.0. The fourth-order valence-electron chi connectivity index (χ4n) is 2.39. The zero-order chi connectivity index (χ0) is 11.8. The Bertz CT molecular complexity index is 571. The van der Waals surface area contributed by atoms with Gasteiger partial charge < -0.3 is 15.2 Å². The summed E-state index contributed by atoms with van der Waals surface area (Å²) in [6, 6.07) is 10.3. The number of benzene rings is 2. The van der Waals surface area contributed by atoms with Crippen LogP contribution in [0.2, 0.25) is 0 Å². The number of rotatable bonds is 1. The lowest BCUT2D eigenvalue weighted by Gasteiger charge is -2.25. The quantitative estimate of drug-likeness (QED) is 0.862. The average Bonchev–Trinajstić information content (AvgIpc) is 2.37. The van der Waals surface area contributed by atoms with Gasteiger partial charge in [-0.15, -0.1) is 12.4 Å². The SMILES string of the molecule is COc1c2c(cc3ccccc13)[C@H](N)CCO2.Cl. The van der Waals surface area contributed by atoms with Crippen LogP contribution in [-0.2, 0) is 0 Å². The second kappa shape index (κ2) is 5.04. The molecule has 18 heavy (non-hydrogen) atoms. The molecule has 1 heterocycles. The summed E-state index contributed by atoms with van der Waals surface area (Å²) in [5, 5.41) is 2.21. The second-order valence-corrected chi connectivity index (χ2v) is 4.29. The van der Waals surface area contributed by atoms with Gasteiger partial charge in [0, 0.05) is 23.4 Å². The minimum Gasteiger partial charge on any atom is -0.492 e. The van der Waals surface area contributed by atoms with Gasteiger partial charge in [-0.3, -0.25) is 0 Å². The molecular formula is C14H16ClNO2. The number of hydrogen-bond acceptors (Lipinski definition) is 3. The van der Waals surface area contributed by atoms with E-state index in [2.05, 4.69) is 12.1 Å². The molecule has 96 valence electrons. The van der Waals surface area contributed by atoms with Crippen molar-refractivity contribution < 1.29 is 9.47 Å². The molecule has 0 bridgehead atoms. The third-order valence-electron chi connectivity index (χ3n) is 3.26. The van der Waals surface area contributed by atoms with Gasteiger partial charge in [0.1, 0.15) is 0 Å². The summed E-state index contributed by atoms with van der Waals surface area (Å²) in [6.45, 7) is 0.656. The van der Waals surface area contributed by atoms with Gasteiger partial charge in [0.25, 0.3) is 0 Å². The molecule has 3 nitrogen and oxygen atoms in total. The molecule has 0 saturated heterocycles. The number of halogens is 1. The zero-order valence-electron chi connectivity index (χ0n) is 10.2. The first-order valence-corrected chi connectivity index (χ1v) is 5.79. The Hall–Kier alpha value is -1.45. The van der Waals surface area contributed by atoms with Crippen LogP contribution >= 0.6 is 12.4 Å². The fraction of sp³-hybridized carbons (Fsp3) is 0.286. The summed E-state index contributed by atoms with van der Waals surface area (Å²) in [4.78, 5) is 0. The first-order valence-electron chi connectivity index (χ1n) is 5.79. The van der Waals surface area contributed by atoms with E-state index in [9.17, 15) is 0 Å². The Labute approximate surface area is 112 Å². The van der Waals surface area contributed by atoms with Crippen molar-refractivity contribution in [3.63, 3.8) is 0 Å². The summed E-state index contributed by atoms with van der Waals surface area (Å²) < 4.78 is 11.2. The molecule has 4 heteroatoms. The predicted molar refractivity (Wildman–Crippen MR) is 74.8 cm³/mol. The molecule has 2 N–H and O–H groups in total. The molecule has 0 amide bonds. The van der Waals surface area contributed by atoms with E-state index in [0.29, 0.717) is 6.61 Å². The Morgan fingerprint density at radius 2 is 2.11 bits per heavy atom. The normalized spacial score (nSPS) is 17.6. The lowest BCUT2D eigenvalue weighted by atomic mass is 9.96. The molecule has 0 spiro atoms. The third kappa shape index (κ3) is 1.89. The van der Waals surface area contributed by atoms with Crippen molar-refractivity contribution in [2.24, 2.45) is 5.73 Å². The highest BCUT2D eigenvalue weighted by Gasteiger charge is 2.23. The van der Waals surface area contributed by atoms with Crippen LogP contribution in [0.3, 0.4) is 0 Å². The monoisotopic (exact) mass is 265 g/mol. The molecule has 1 aliphatic heterocycles. The van der Waals surface area contributed by atoms with Gasteiger partial charge in [-0.1, -0.05) is 24.3 Å². The largest absolute Gasteiger partial charge is 0.492 e. The smallest absolute Gasteiger partial charge is 0.168 e. The van der Waals surface area contributed by atoms with Gasteiger partial charge in [-0.2, -0.15) is 0 Å². The second-order valence-electron chi connectivity index (χ2n) is 4.29. The lowest BCUT2D eigenvalue weighted by molar-refractivity contribution is 0.254. The van der Waals surface area contributed by atoms with Crippen molar-refractivity contribution in [2.75, 3.05) is 13.7 Å². The van der Waals surface area contributed by atoms with Crippen LogP contribution in [0.4, 0.5) is 0 Å². The topological polar surface area (TPSA) is 44.5 Å². The Balaban J connectivity index is 0.00000120. The highest BCUT2D eigenvalue weighted by Crippen LogP contribution is 2.43. The van der Waals surface area contributed by atoms with Gasteiger partial charge in [0.15, 0.2) is 11.5 Å². The summed E-state index contributed by atoms with van der Waals surface area (Å²) in [5.41, 5.74) is 7.17. The Morgan fingerprint density at radius 3 is 2.89 bits per heavy atom. The number of ether oxygens (including phenoxy) is 2. The highest BCUT2D eigenvalue weighted by molar-refractivity contribution is 5.92. The van der Waals surface area contributed by atoms with Crippen molar-refractivity contribution in [3.8, 4) is 11.5 Å². The Morgan fingerprint density at radius 1 is 1.33 bits per heavy atom. The number of nitrogens with two attached hydrogens (primary N) is 1. The summed E-state index contributed by atoms with van der Waals surface area (Å²) in [7, 11) is 1.67. The van der Waals surface area contributed by atoms with Gasteiger partial charge in [-0.25, -0.2) is 0 Å². The number of hydrogen-bond donors (Lipinski definition) is 1. The van der Waals surface area contributed by atoms with Crippen LogP contribution in [0, 0.1) is 0 Å². The molecule has 0 unspecified atom stereocenters. The van der Waals surface area contributed by atoms with Crippen molar-refractivity contribution in [1.29, 1.82) is 0 Å². The molecule has 2 aromatic carbocycles. The molecule has 0 radical (unpaired) electrons. The lowest BCUT2D eigenvalue weighted by Crippen LogP contribution is -2.21. The van der Waals surface area contributed by atoms with E-state index in [1.165, 1.54) is 0 Å². The minimum atomic E-state index is 0. The van der Waals surface area contributed by atoms with Crippen molar-refractivity contribution >= 4 is 23.2 Å². The number of methoxy groups -OCH3 is 1. The van der Waals surface area contributed by atoms with Crippen molar-refractivity contribution in [3.05, 3.63) is 35.9 Å². The summed E-state index contributed by atoms with van der Waals surface area (Å²) in [5.74, 6) is 1.61. The van der Waals surface area contributed by atoms with Crippen LogP contribution in [0.1, 0.15) is 18.0 Å². The van der Waals surface area contributed by atoms with E-state index in [0.717, 1.165) is 34.3 Å². The predicted octanol–water partition coefficient (Wildman–Crippen LogP) is 3.05. The average molecular weight is 266 g/mol. The van der Waals surface area contributed by atoms with Gasteiger partial charge in [-0.05, 0) is 11.5 Å². The van der Waals surface area contributed by atoms with Crippen molar-refractivity contribution in [2.45, 2.75) is 12.5 Å². The van der Waals surface area contributed by atoms with E-state index in [4.69, 9.17) is 15.2 Å². The summed E-state index contributed by atoms with van der Waals surface area (Å²) in [6.07, 6.45) is 0.856. The fourth-order valence-corrected chi connectivity index (χ4v) is 2.39. The standard InChI is InChI=1S/C14H15NO2.ClH/c1-16-13-10-5-3-2-4-9(10)8-11-12(15)6-7-17-14(11)13;/h2-5,8,12H,6-7,15H2,1H3;1H/t12-;/m1./s1. The maximum absolute atomic E-state index is 6.13. The molecule has 0 fully saturated rings. The first kappa shape index (κ1) is 13.0. The molecule has 3 rings (SSSR count). The van der Waals surface area contributed by atoms with Crippen LogP contribution in [0.25, 0.3) is 10.8 Å². The van der Waals surface area contributed by atoms with Gasteiger partial charge in [0.2, 0.25) is 0 Å². The molecule has 0 aliphatic carbocycles. The molecule has 2 aromatic rings.